The highest BCUT2D eigenvalue weighted by Crippen LogP contribution is 2.24. The highest BCUT2D eigenvalue weighted by atomic mass is 16.5. The zero-order valence-electron chi connectivity index (χ0n) is 20.6. The number of anilines is 2. The number of piperidine rings is 1. The Balaban J connectivity index is 1.18. The molecule has 6 heteroatoms. The van der Waals surface area contributed by atoms with Gasteiger partial charge in [0.2, 0.25) is 5.95 Å². The molecule has 1 atom stereocenters. The Hall–Kier alpha value is -3.12. The number of para-hydroxylation sites is 1. The first-order chi connectivity index (χ1) is 17.3. The van der Waals surface area contributed by atoms with Crippen molar-refractivity contribution in [3.63, 3.8) is 0 Å². The molecule has 2 aromatic carbocycles. The molecule has 0 aliphatic carbocycles. The highest BCUT2D eigenvalue weighted by molar-refractivity contribution is 5.43. The molecular weight excluding hydrogens is 434 g/mol. The Labute approximate surface area is 209 Å². The summed E-state index contributed by atoms with van der Waals surface area (Å²) in [4.78, 5) is 14.3. The summed E-state index contributed by atoms with van der Waals surface area (Å²) in [6, 6.07) is 21.2. The molecule has 1 aromatic heterocycles. The number of hydrogen-bond acceptors (Lipinski definition) is 6. The van der Waals surface area contributed by atoms with E-state index >= 15 is 0 Å². The van der Waals surface area contributed by atoms with Crippen LogP contribution in [0.5, 0.6) is 5.75 Å². The van der Waals surface area contributed by atoms with Gasteiger partial charge < -0.3 is 15.0 Å². The molecule has 1 N–H and O–H groups in total. The normalized spacial score (nSPS) is 19.2. The molecule has 35 heavy (non-hydrogen) atoms. The summed E-state index contributed by atoms with van der Waals surface area (Å²) in [5.41, 5.74) is 2.43. The van der Waals surface area contributed by atoms with Crippen molar-refractivity contribution >= 4 is 11.8 Å². The number of nitrogens with one attached hydrogen (secondary N) is 1. The fourth-order valence-corrected chi connectivity index (χ4v) is 5.15. The molecule has 3 heterocycles. The molecular formula is C29H37N5O. The Bertz CT molecular complexity index is 1050. The minimum atomic E-state index is 0.348. The lowest BCUT2D eigenvalue weighted by molar-refractivity contribution is 0.203. The van der Waals surface area contributed by atoms with Crippen LogP contribution in [0.4, 0.5) is 11.8 Å². The Kier molecular flexibility index (Phi) is 8.11. The SMILES string of the molecule is c1ccc(COc2ccccc2CN2CCCC(Nc3nccc(N4CCCCCC4)n3)C2)cc1. The summed E-state index contributed by atoms with van der Waals surface area (Å²) in [6.07, 6.45) is 9.35. The highest BCUT2D eigenvalue weighted by Gasteiger charge is 2.22. The maximum absolute atomic E-state index is 6.20. The van der Waals surface area contributed by atoms with E-state index in [0.29, 0.717) is 12.6 Å². The average molecular weight is 472 g/mol. The number of likely N-dealkylation sites (tertiary alicyclic amines) is 1. The van der Waals surface area contributed by atoms with Crippen molar-refractivity contribution in [3.05, 3.63) is 78.0 Å². The molecule has 3 aromatic rings. The Morgan fingerprint density at radius 2 is 1.66 bits per heavy atom. The average Bonchev–Trinajstić information content (AvgIpc) is 3.19. The van der Waals surface area contributed by atoms with E-state index in [1.807, 2.05) is 12.3 Å². The molecule has 184 valence electrons. The first-order valence-electron chi connectivity index (χ1n) is 13.1. The second-order valence-electron chi connectivity index (χ2n) is 9.74. The van der Waals surface area contributed by atoms with E-state index in [1.54, 1.807) is 0 Å². The summed E-state index contributed by atoms with van der Waals surface area (Å²) in [5.74, 6) is 2.78. The van der Waals surface area contributed by atoms with E-state index in [9.17, 15) is 0 Å². The minimum absolute atomic E-state index is 0.348. The van der Waals surface area contributed by atoms with Gasteiger partial charge in [0.05, 0.1) is 0 Å². The van der Waals surface area contributed by atoms with E-state index in [0.717, 1.165) is 63.1 Å². The van der Waals surface area contributed by atoms with E-state index in [2.05, 4.69) is 74.7 Å². The van der Waals surface area contributed by atoms with Gasteiger partial charge >= 0.3 is 0 Å². The third-order valence-electron chi connectivity index (χ3n) is 7.01. The topological polar surface area (TPSA) is 53.5 Å². The molecule has 0 bridgehead atoms. The number of ether oxygens (including phenoxy) is 1. The Morgan fingerprint density at radius 1 is 0.857 bits per heavy atom. The van der Waals surface area contributed by atoms with Crippen LogP contribution in [-0.4, -0.2) is 47.1 Å². The van der Waals surface area contributed by atoms with E-state index in [4.69, 9.17) is 9.72 Å². The molecule has 2 saturated heterocycles. The summed E-state index contributed by atoms with van der Waals surface area (Å²) in [6.45, 7) is 5.74. The molecule has 1 unspecified atom stereocenters. The summed E-state index contributed by atoms with van der Waals surface area (Å²) < 4.78 is 6.20. The first-order valence-corrected chi connectivity index (χ1v) is 13.1. The second-order valence-corrected chi connectivity index (χ2v) is 9.74. The fourth-order valence-electron chi connectivity index (χ4n) is 5.15. The predicted octanol–water partition coefficient (Wildman–Crippen LogP) is 5.51. The lowest BCUT2D eigenvalue weighted by atomic mass is 10.0. The van der Waals surface area contributed by atoms with Crippen molar-refractivity contribution in [3.8, 4) is 5.75 Å². The van der Waals surface area contributed by atoms with Crippen LogP contribution in [0.15, 0.2) is 66.9 Å². The summed E-state index contributed by atoms with van der Waals surface area (Å²) >= 11 is 0. The van der Waals surface area contributed by atoms with Crippen molar-refractivity contribution < 1.29 is 4.74 Å². The Morgan fingerprint density at radius 3 is 2.51 bits per heavy atom. The second kappa shape index (κ2) is 12.0. The van der Waals surface area contributed by atoms with Crippen LogP contribution >= 0.6 is 0 Å². The number of hydrogen-bond donors (Lipinski definition) is 1. The largest absolute Gasteiger partial charge is 0.489 e. The zero-order chi connectivity index (χ0) is 23.7. The van der Waals surface area contributed by atoms with Crippen molar-refractivity contribution in [2.75, 3.05) is 36.4 Å². The molecule has 0 amide bonds. The quantitative estimate of drug-likeness (QED) is 0.467. The van der Waals surface area contributed by atoms with Crippen molar-refractivity contribution in [2.45, 2.75) is 57.7 Å². The van der Waals surface area contributed by atoms with Crippen LogP contribution in [0.3, 0.4) is 0 Å². The molecule has 5 rings (SSSR count). The van der Waals surface area contributed by atoms with Crippen LogP contribution in [0.25, 0.3) is 0 Å². The smallest absolute Gasteiger partial charge is 0.224 e. The lowest BCUT2D eigenvalue weighted by Crippen LogP contribution is -2.42. The molecule has 0 saturated carbocycles. The van der Waals surface area contributed by atoms with Gasteiger partial charge in [-0.25, -0.2) is 4.98 Å². The number of nitrogens with zero attached hydrogens (tertiary/aromatic N) is 4. The van der Waals surface area contributed by atoms with Gasteiger partial charge in [0.1, 0.15) is 18.2 Å². The molecule has 2 fully saturated rings. The number of rotatable bonds is 8. The fraction of sp³-hybridized carbons (Fsp3) is 0.448. The summed E-state index contributed by atoms with van der Waals surface area (Å²) in [7, 11) is 0. The summed E-state index contributed by atoms with van der Waals surface area (Å²) in [5, 5.41) is 3.63. The van der Waals surface area contributed by atoms with Crippen LogP contribution in [0, 0.1) is 0 Å². The van der Waals surface area contributed by atoms with Gasteiger partial charge in [-0.05, 0) is 49.9 Å². The van der Waals surface area contributed by atoms with Gasteiger partial charge in [0.25, 0.3) is 0 Å². The van der Waals surface area contributed by atoms with Gasteiger partial charge in [-0.2, -0.15) is 4.98 Å². The van der Waals surface area contributed by atoms with Crippen molar-refractivity contribution in [2.24, 2.45) is 0 Å². The van der Waals surface area contributed by atoms with Gasteiger partial charge in [0, 0.05) is 44.0 Å². The maximum Gasteiger partial charge on any atom is 0.224 e. The van der Waals surface area contributed by atoms with Gasteiger partial charge in [-0.15, -0.1) is 0 Å². The van der Waals surface area contributed by atoms with E-state index in [1.165, 1.54) is 36.8 Å². The third kappa shape index (κ3) is 6.73. The first kappa shape index (κ1) is 23.6. The number of aromatic nitrogens is 2. The lowest BCUT2D eigenvalue weighted by Gasteiger charge is -2.33. The van der Waals surface area contributed by atoms with Crippen LogP contribution in [-0.2, 0) is 13.2 Å². The van der Waals surface area contributed by atoms with Crippen LogP contribution in [0.1, 0.15) is 49.7 Å². The molecule has 0 spiro atoms. The standard InChI is InChI=1S/C29H37N5O/c1-2-9-20-34(19-8-1)28-16-17-30-29(32-28)31-26-14-10-18-33(22-26)21-25-13-6-7-15-27(25)35-23-24-11-4-3-5-12-24/h3-7,11-13,15-17,26H,1-2,8-10,14,18-23H2,(H,30,31,32). The van der Waals surface area contributed by atoms with Gasteiger partial charge in [-0.3, -0.25) is 4.90 Å². The predicted molar refractivity (Wildman–Crippen MR) is 142 cm³/mol. The van der Waals surface area contributed by atoms with Crippen molar-refractivity contribution in [1.82, 2.24) is 14.9 Å². The zero-order valence-corrected chi connectivity index (χ0v) is 20.6. The van der Waals surface area contributed by atoms with Gasteiger partial charge in [0.15, 0.2) is 0 Å². The minimum Gasteiger partial charge on any atom is -0.489 e. The molecule has 0 radical (unpaired) electrons. The van der Waals surface area contributed by atoms with E-state index < -0.39 is 0 Å². The van der Waals surface area contributed by atoms with Gasteiger partial charge in [-0.1, -0.05) is 61.4 Å². The molecule has 2 aliphatic heterocycles. The van der Waals surface area contributed by atoms with Crippen molar-refractivity contribution in [1.29, 1.82) is 0 Å². The monoisotopic (exact) mass is 471 g/mol. The third-order valence-corrected chi connectivity index (χ3v) is 7.01. The maximum atomic E-state index is 6.20. The number of benzene rings is 2. The van der Waals surface area contributed by atoms with E-state index in [-0.39, 0.29) is 0 Å². The van der Waals surface area contributed by atoms with Crippen LogP contribution in [0.2, 0.25) is 0 Å². The molecule has 2 aliphatic rings. The van der Waals surface area contributed by atoms with Crippen LogP contribution < -0.4 is 15.0 Å². The molecule has 6 nitrogen and oxygen atoms in total.